The molecule has 1 heterocycles. The van der Waals surface area contributed by atoms with Gasteiger partial charge in [-0.1, -0.05) is 6.07 Å². The van der Waals surface area contributed by atoms with E-state index in [1.807, 2.05) is 0 Å². The molecule has 0 radical (unpaired) electrons. The van der Waals surface area contributed by atoms with Crippen LogP contribution in [0.4, 0.5) is 4.79 Å². The maximum atomic E-state index is 11.6. The Kier molecular flexibility index (Phi) is 4.14. The van der Waals surface area contributed by atoms with E-state index < -0.39 is 0 Å². The highest BCUT2D eigenvalue weighted by Gasteiger charge is 2.25. The lowest BCUT2D eigenvalue weighted by Crippen LogP contribution is -2.38. The van der Waals surface area contributed by atoms with Gasteiger partial charge >= 0.3 is 6.09 Å². The van der Waals surface area contributed by atoms with Crippen molar-refractivity contribution in [3.8, 4) is 11.5 Å². The van der Waals surface area contributed by atoms with E-state index in [0.717, 1.165) is 18.4 Å². The molecule has 1 aliphatic rings. The van der Waals surface area contributed by atoms with Crippen molar-refractivity contribution in [3.05, 3.63) is 23.8 Å². The zero-order chi connectivity index (χ0) is 13.8. The lowest BCUT2D eigenvalue weighted by Gasteiger charge is -2.31. The van der Waals surface area contributed by atoms with Crippen LogP contribution in [0.1, 0.15) is 31.2 Å². The number of phenols is 2. The number of carbonyl (C=O) groups excluding carboxylic acids is 1. The molecular weight excluding hydrogens is 246 g/mol. The number of piperidine rings is 1. The molecule has 2 N–H and O–H groups in total. The number of likely N-dealkylation sites (tertiary alicyclic amines) is 1. The Balaban J connectivity index is 1.98. The van der Waals surface area contributed by atoms with Crippen molar-refractivity contribution < 1.29 is 19.7 Å². The molecule has 0 spiro atoms. The van der Waals surface area contributed by atoms with Crippen molar-refractivity contribution in [1.29, 1.82) is 0 Å². The van der Waals surface area contributed by atoms with E-state index in [4.69, 9.17) is 4.74 Å². The highest BCUT2D eigenvalue weighted by molar-refractivity contribution is 5.67. The van der Waals surface area contributed by atoms with Crippen molar-refractivity contribution in [2.24, 2.45) is 0 Å². The Labute approximate surface area is 112 Å². The van der Waals surface area contributed by atoms with E-state index in [-0.39, 0.29) is 23.5 Å². The second-order valence-corrected chi connectivity index (χ2v) is 4.70. The highest BCUT2D eigenvalue weighted by atomic mass is 16.6. The summed E-state index contributed by atoms with van der Waals surface area (Å²) in [4.78, 5) is 13.3. The Morgan fingerprint density at radius 1 is 1.37 bits per heavy atom. The number of carbonyl (C=O) groups is 1. The summed E-state index contributed by atoms with van der Waals surface area (Å²) < 4.78 is 4.97. The van der Waals surface area contributed by atoms with Gasteiger partial charge in [0.05, 0.1) is 6.61 Å². The van der Waals surface area contributed by atoms with Crippen LogP contribution in [-0.4, -0.2) is 40.9 Å². The van der Waals surface area contributed by atoms with Crippen LogP contribution in [0.15, 0.2) is 18.2 Å². The third-order valence-corrected chi connectivity index (χ3v) is 3.47. The Morgan fingerprint density at radius 2 is 2.05 bits per heavy atom. The monoisotopic (exact) mass is 265 g/mol. The van der Waals surface area contributed by atoms with E-state index >= 15 is 0 Å². The van der Waals surface area contributed by atoms with Gasteiger partial charge in [0, 0.05) is 19.2 Å². The molecule has 1 aromatic carbocycles. The van der Waals surface area contributed by atoms with Crippen LogP contribution in [0, 0.1) is 0 Å². The normalized spacial score (nSPS) is 16.4. The van der Waals surface area contributed by atoms with E-state index in [2.05, 4.69) is 0 Å². The van der Waals surface area contributed by atoms with E-state index in [9.17, 15) is 15.0 Å². The second kappa shape index (κ2) is 5.82. The van der Waals surface area contributed by atoms with Gasteiger partial charge in [0.15, 0.2) is 0 Å². The van der Waals surface area contributed by atoms with Crippen molar-refractivity contribution in [2.75, 3.05) is 19.7 Å². The van der Waals surface area contributed by atoms with Gasteiger partial charge in [0.1, 0.15) is 11.5 Å². The lowest BCUT2D eigenvalue weighted by molar-refractivity contribution is 0.0970. The van der Waals surface area contributed by atoms with Crippen molar-refractivity contribution in [3.63, 3.8) is 0 Å². The molecule has 0 atom stereocenters. The molecule has 1 aliphatic heterocycles. The molecule has 0 unspecified atom stereocenters. The second-order valence-electron chi connectivity index (χ2n) is 4.70. The minimum atomic E-state index is -0.268. The summed E-state index contributed by atoms with van der Waals surface area (Å²) in [6.07, 6.45) is 1.31. The summed E-state index contributed by atoms with van der Waals surface area (Å²) >= 11 is 0. The minimum absolute atomic E-state index is 0.0604. The molecule has 0 aromatic heterocycles. The number of rotatable bonds is 2. The molecule has 0 aliphatic carbocycles. The van der Waals surface area contributed by atoms with Gasteiger partial charge < -0.3 is 19.8 Å². The first-order valence-electron chi connectivity index (χ1n) is 6.55. The molecule has 1 saturated heterocycles. The highest BCUT2D eigenvalue weighted by Crippen LogP contribution is 2.35. The predicted octanol–water partition coefficient (Wildman–Crippen LogP) is 2.43. The molecule has 5 heteroatoms. The first-order chi connectivity index (χ1) is 9.11. The van der Waals surface area contributed by atoms with Crippen molar-refractivity contribution in [2.45, 2.75) is 25.7 Å². The Morgan fingerprint density at radius 3 is 2.63 bits per heavy atom. The average molecular weight is 265 g/mol. The van der Waals surface area contributed by atoms with Crippen LogP contribution in [0.3, 0.4) is 0 Å². The fourth-order valence-electron chi connectivity index (χ4n) is 2.47. The number of phenolic OH excluding ortho intramolecular Hbond substituents is 2. The van der Waals surface area contributed by atoms with Gasteiger partial charge in [0.25, 0.3) is 0 Å². The fourth-order valence-corrected chi connectivity index (χ4v) is 2.47. The third kappa shape index (κ3) is 3.10. The van der Waals surface area contributed by atoms with Gasteiger partial charge in [-0.25, -0.2) is 4.79 Å². The van der Waals surface area contributed by atoms with Crippen LogP contribution in [0.25, 0.3) is 0 Å². The van der Waals surface area contributed by atoms with Gasteiger partial charge in [-0.3, -0.25) is 0 Å². The summed E-state index contributed by atoms with van der Waals surface area (Å²) in [5.41, 5.74) is 0.835. The molecule has 5 nitrogen and oxygen atoms in total. The quantitative estimate of drug-likeness (QED) is 0.861. The fraction of sp³-hybridized carbons (Fsp3) is 0.500. The van der Waals surface area contributed by atoms with Gasteiger partial charge in [-0.15, -0.1) is 0 Å². The largest absolute Gasteiger partial charge is 0.508 e. The van der Waals surface area contributed by atoms with Crippen LogP contribution in [-0.2, 0) is 4.74 Å². The molecule has 19 heavy (non-hydrogen) atoms. The number of hydrogen-bond acceptors (Lipinski definition) is 4. The van der Waals surface area contributed by atoms with Crippen LogP contribution >= 0.6 is 0 Å². The SMILES string of the molecule is CCOC(=O)N1CCC(c2ccc(O)cc2O)CC1. The number of hydrogen-bond donors (Lipinski definition) is 2. The number of aromatic hydroxyl groups is 2. The number of ether oxygens (including phenoxy) is 1. The summed E-state index contributed by atoms with van der Waals surface area (Å²) in [7, 11) is 0. The third-order valence-electron chi connectivity index (χ3n) is 3.47. The van der Waals surface area contributed by atoms with E-state index in [0.29, 0.717) is 19.7 Å². The summed E-state index contributed by atoms with van der Waals surface area (Å²) in [5, 5.41) is 19.1. The van der Waals surface area contributed by atoms with Crippen LogP contribution < -0.4 is 0 Å². The van der Waals surface area contributed by atoms with Gasteiger partial charge in [-0.2, -0.15) is 0 Å². The molecule has 1 fully saturated rings. The number of nitrogens with zero attached hydrogens (tertiary/aromatic N) is 1. The molecule has 1 aromatic rings. The lowest BCUT2D eigenvalue weighted by atomic mass is 9.89. The summed E-state index contributed by atoms with van der Waals surface area (Å²) in [6, 6.07) is 4.68. The Bertz CT molecular complexity index is 453. The topological polar surface area (TPSA) is 70.0 Å². The van der Waals surface area contributed by atoms with Crippen LogP contribution in [0.2, 0.25) is 0 Å². The van der Waals surface area contributed by atoms with Gasteiger partial charge in [0.2, 0.25) is 0 Å². The smallest absolute Gasteiger partial charge is 0.409 e. The van der Waals surface area contributed by atoms with Crippen LogP contribution in [0.5, 0.6) is 11.5 Å². The van der Waals surface area contributed by atoms with Gasteiger partial charge in [-0.05, 0) is 37.3 Å². The number of amides is 1. The summed E-state index contributed by atoms with van der Waals surface area (Å²) in [6.45, 7) is 3.43. The zero-order valence-corrected chi connectivity index (χ0v) is 11.0. The van der Waals surface area contributed by atoms with E-state index in [1.165, 1.54) is 6.07 Å². The zero-order valence-electron chi connectivity index (χ0n) is 11.0. The maximum Gasteiger partial charge on any atom is 0.409 e. The minimum Gasteiger partial charge on any atom is -0.508 e. The van der Waals surface area contributed by atoms with Crippen molar-refractivity contribution in [1.82, 2.24) is 4.90 Å². The molecule has 0 bridgehead atoms. The molecule has 2 rings (SSSR count). The molecule has 104 valence electrons. The Hall–Kier alpha value is -1.91. The first-order valence-corrected chi connectivity index (χ1v) is 6.55. The first kappa shape index (κ1) is 13.5. The van der Waals surface area contributed by atoms with Crippen molar-refractivity contribution >= 4 is 6.09 Å². The maximum absolute atomic E-state index is 11.6. The standard InChI is InChI=1S/C14H19NO4/c1-2-19-14(18)15-7-5-10(6-8-15)12-4-3-11(16)9-13(12)17/h3-4,9-10,16-17H,2,5-8H2,1H3. The van der Waals surface area contributed by atoms with E-state index in [1.54, 1.807) is 24.0 Å². The average Bonchev–Trinajstić information content (AvgIpc) is 2.39. The predicted molar refractivity (Wildman–Crippen MR) is 70.3 cm³/mol. The number of benzene rings is 1. The molecular formula is C14H19NO4. The summed E-state index contributed by atoms with van der Waals surface area (Å²) in [5.74, 6) is 0.395. The molecule has 0 saturated carbocycles. The molecule has 1 amide bonds.